The van der Waals surface area contributed by atoms with Crippen LogP contribution in [0.4, 0.5) is 4.39 Å². The minimum absolute atomic E-state index is 0.158. The number of nitrogens with zero attached hydrogens (tertiary/aromatic N) is 1. The van der Waals surface area contributed by atoms with Crippen molar-refractivity contribution in [1.29, 1.82) is 0 Å². The number of aryl methyl sites for hydroxylation is 1. The lowest BCUT2D eigenvalue weighted by molar-refractivity contribution is -0.147. The predicted octanol–water partition coefficient (Wildman–Crippen LogP) is 4.14. The monoisotopic (exact) mass is 418 g/mol. The average molecular weight is 418 g/mol. The van der Waals surface area contributed by atoms with E-state index in [1.54, 1.807) is 0 Å². The van der Waals surface area contributed by atoms with Crippen LogP contribution in [0.15, 0.2) is 29.1 Å². The minimum atomic E-state index is -0.614. The molecule has 3 rings (SSSR count). The molecule has 0 fully saturated rings. The predicted molar refractivity (Wildman–Crippen MR) is 110 cm³/mol. The van der Waals surface area contributed by atoms with E-state index in [9.17, 15) is 14.0 Å². The van der Waals surface area contributed by atoms with Crippen molar-refractivity contribution in [2.45, 2.75) is 40.2 Å². The molecule has 29 heavy (non-hydrogen) atoms. The first kappa shape index (κ1) is 21.0. The molecule has 0 saturated heterocycles. The summed E-state index contributed by atoms with van der Waals surface area (Å²) < 4.78 is 23.2. The number of esters is 1. The third kappa shape index (κ3) is 5.20. The van der Waals surface area contributed by atoms with Crippen molar-refractivity contribution in [2.24, 2.45) is 5.92 Å². The number of aromatic nitrogens is 2. The fourth-order valence-electron chi connectivity index (χ4n) is 2.89. The molecular weight excluding hydrogens is 395 g/mol. The summed E-state index contributed by atoms with van der Waals surface area (Å²) in [6.45, 7) is 5.80. The van der Waals surface area contributed by atoms with Crippen LogP contribution in [0.25, 0.3) is 10.2 Å². The van der Waals surface area contributed by atoms with E-state index >= 15 is 0 Å². The van der Waals surface area contributed by atoms with Crippen LogP contribution in [0.1, 0.15) is 36.5 Å². The van der Waals surface area contributed by atoms with Crippen LogP contribution in [0.5, 0.6) is 5.75 Å². The summed E-state index contributed by atoms with van der Waals surface area (Å²) in [6.07, 6.45) is 1.87. The summed E-state index contributed by atoms with van der Waals surface area (Å²) in [6, 6.07) is 5.32. The number of rotatable bonds is 8. The number of ether oxygens (including phenoxy) is 2. The molecule has 2 heterocycles. The lowest BCUT2D eigenvalue weighted by Crippen LogP contribution is -2.18. The molecule has 2 aromatic heterocycles. The first-order valence-corrected chi connectivity index (χ1v) is 10.2. The van der Waals surface area contributed by atoms with Gasteiger partial charge in [0, 0.05) is 4.88 Å². The Morgan fingerprint density at radius 1 is 1.31 bits per heavy atom. The van der Waals surface area contributed by atoms with Gasteiger partial charge in [0.25, 0.3) is 5.56 Å². The lowest BCUT2D eigenvalue weighted by Gasteiger charge is -2.08. The second-order valence-corrected chi connectivity index (χ2v) is 8.15. The van der Waals surface area contributed by atoms with Gasteiger partial charge in [-0.2, -0.15) is 0 Å². The highest BCUT2D eigenvalue weighted by Crippen LogP contribution is 2.29. The number of hydrogen-bond acceptors (Lipinski definition) is 6. The SMILES string of the molecule is CC[C@@H](C)Cc1c(C)sc2nc(COC(=O)COc3ccc(F)cc3)[nH]c(=O)c12. The highest BCUT2D eigenvalue weighted by molar-refractivity contribution is 7.18. The van der Waals surface area contributed by atoms with Gasteiger partial charge in [0.1, 0.15) is 28.8 Å². The fourth-order valence-corrected chi connectivity index (χ4v) is 3.96. The topological polar surface area (TPSA) is 81.3 Å². The fraction of sp³-hybridized carbons (Fsp3) is 0.381. The molecule has 0 aliphatic rings. The van der Waals surface area contributed by atoms with E-state index in [1.807, 2.05) is 6.92 Å². The molecule has 0 spiro atoms. The molecule has 1 atom stereocenters. The number of hydrogen-bond donors (Lipinski definition) is 1. The zero-order chi connectivity index (χ0) is 21.0. The zero-order valence-corrected chi connectivity index (χ0v) is 17.4. The Morgan fingerprint density at radius 3 is 2.72 bits per heavy atom. The van der Waals surface area contributed by atoms with Crippen molar-refractivity contribution in [1.82, 2.24) is 9.97 Å². The zero-order valence-electron chi connectivity index (χ0n) is 16.6. The van der Waals surface area contributed by atoms with E-state index < -0.39 is 5.97 Å². The Bertz CT molecular complexity index is 1060. The summed E-state index contributed by atoms with van der Waals surface area (Å²) in [5.74, 6) is 0.124. The van der Waals surface area contributed by atoms with E-state index in [0.717, 1.165) is 23.3 Å². The summed E-state index contributed by atoms with van der Waals surface area (Å²) in [5.41, 5.74) is 0.829. The van der Waals surface area contributed by atoms with E-state index in [1.165, 1.54) is 35.6 Å². The van der Waals surface area contributed by atoms with E-state index in [-0.39, 0.29) is 30.4 Å². The van der Waals surface area contributed by atoms with Gasteiger partial charge in [-0.25, -0.2) is 14.2 Å². The molecule has 0 saturated carbocycles. The van der Waals surface area contributed by atoms with Gasteiger partial charge < -0.3 is 14.5 Å². The maximum Gasteiger partial charge on any atom is 0.344 e. The normalized spacial score (nSPS) is 12.1. The van der Waals surface area contributed by atoms with Crippen LogP contribution in [-0.4, -0.2) is 22.5 Å². The van der Waals surface area contributed by atoms with Crippen molar-refractivity contribution < 1.29 is 18.7 Å². The molecule has 0 unspecified atom stereocenters. The Labute approximate surface area is 171 Å². The molecule has 6 nitrogen and oxygen atoms in total. The van der Waals surface area contributed by atoms with Crippen molar-refractivity contribution in [3.05, 3.63) is 56.7 Å². The van der Waals surface area contributed by atoms with Gasteiger partial charge in [-0.1, -0.05) is 20.3 Å². The Hall–Kier alpha value is -2.74. The molecule has 0 aliphatic carbocycles. The second-order valence-electron chi connectivity index (χ2n) is 6.95. The van der Waals surface area contributed by atoms with Crippen molar-refractivity contribution >= 4 is 27.5 Å². The van der Waals surface area contributed by atoms with Gasteiger partial charge in [0.05, 0.1) is 5.39 Å². The lowest BCUT2D eigenvalue weighted by atomic mass is 9.98. The maximum absolute atomic E-state index is 12.9. The number of aromatic amines is 1. The highest BCUT2D eigenvalue weighted by Gasteiger charge is 2.17. The van der Waals surface area contributed by atoms with Crippen molar-refractivity contribution in [3.63, 3.8) is 0 Å². The van der Waals surface area contributed by atoms with Gasteiger partial charge in [0.15, 0.2) is 6.61 Å². The van der Waals surface area contributed by atoms with Crippen LogP contribution < -0.4 is 10.3 Å². The number of fused-ring (bicyclic) bond motifs is 1. The number of carbonyl (C=O) groups excluding carboxylic acids is 1. The van der Waals surface area contributed by atoms with Gasteiger partial charge in [-0.3, -0.25) is 4.79 Å². The number of thiophene rings is 1. The number of nitrogens with one attached hydrogen (secondary N) is 1. The summed E-state index contributed by atoms with van der Waals surface area (Å²) in [4.78, 5) is 33.4. The molecule has 154 valence electrons. The van der Waals surface area contributed by atoms with Crippen LogP contribution in [0.2, 0.25) is 0 Å². The highest BCUT2D eigenvalue weighted by atomic mass is 32.1. The number of halogens is 1. The van der Waals surface area contributed by atoms with Gasteiger partial charge >= 0.3 is 5.97 Å². The van der Waals surface area contributed by atoms with Crippen LogP contribution in [0, 0.1) is 18.7 Å². The van der Waals surface area contributed by atoms with E-state index in [0.29, 0.717) is 21.9 Å². The Kier molecular flexibility index (Phi) is 6.64. The van der Waals surface area contributed by atoms with Gasteiger partial charge in [-0.15, -0.1) is 11.3 Å². The van der Waals surface area contributed by atoms with Gasteiger partial charge in [0.2, 0.25) is 0 Å². The minimum Gasteiger partial charge on any atom is -0.482 e. The number of benzene rings is 1. The largest absolute Gasteiger partial charge is 0.482 e. The van der Waals surface area contributed by atoms with Crippen molar-refractivity contribution in [3.8, 4) is 5.75 Å². The average Bonchev–Trinajstić information content (AvgIpc) is 3.01. The third-order valence-corrected chi connectivity index (χ3v) is 5.74. The molecule has 0 amide bonds. The van der Waals surface area contributed by atoms with Crippen LogP contribution in [-0.2, 0) is 22.6 Å². The quantitative estimate of drug-likeness (QED) is 0.556. The molecule has 1 aromatic carbocycles. The maximum atomic E-state index is 12.9. The van der Waals surface area contributed by atoms with Crippen LogP contribution >= 0.6 is 11.3 Å². The second kappa shape index (κ2) is 9.17. The van der Waals surface area contributed by atoms with Gasteiger partial charge in [-0.05, 0) is 49.1 Å². The standard InChI is InChI=1S/C21H23FN2O4S/c1-4-12(2)9-16-13(3)29-21-19(16)20(26)23-17(24-21)10-28-18(25)11-27-15-7-5-14(22)6-8-15/h5-8,12H,4,9-11H2,1-3H3,(H,23,24,26)/t12-/m1/s1. The third-order valence-electron chi connectivity index (χ3n) is 4.70. The smallest absolute Gasteiger partial charge is 0.344 e. The Morgan fingerprint density at radius 2 is 2.03 bits per heavy atom. The number of H-pyrrole nitrogens is 1. The van der Waals surface area contributed by atoms with Crippen molar-refractivity contribution in [2.75, 3.05) is 6.61 Å². The molecule has 0 aliphatic heterocycles. The molecule has 1 N–H and O–H groups in total. The Balaban J connectivity index is 1.65. The van der Waals surface area contributed by atoms with E-state index in [2.05, 4.69) is 23.8 Å². The van der Waals surface area contributed by atoms with E-state index in [4.69, 9.17) is 9.47 Å². The molecule has 0 bridgehead atoms. The molecular formula is C21H23FN2O4S. The summed E-state index contributed by atoms with van der Waals surface area (Å²) in [5, 5.41) is 0.627. The first-order valence-electron chi connectivity index (χ1n) is 9.42. The first-order chi connectivity index (χ1) is 13.9. The summed E-state index contributed by atoms with van der Waals surface area (Å²) >= 11 is 1.48. The number of carbonyl (C=O) groups is 1. The van der Waals surface area contributed by atoms with Crippen LogP contribution in [0.3, 0.4) is 0 Å². The molecule has 3 aromatic rings. The molecule has 8 heteroatoms. The molecule has 0 radical (unpaired) electrons. The summed E-state index contributed by atoms with van der Waals surface area (Å²) in [7, 11) is 0.